The monoisotopic (exact) mass is 322 g/mol. The van der Waals surface area contributed by atoms with E-state index in [1.807, 2.05) is 43.3 Å². The molecule has 2 aromatic carbocycles. The third-order valence-electron chi connectivity index (χ3n) is 2.68. The van der Waals surface area contributed by atoms with E-state index in [1.54, 1.807) is 6.07 Å². The molecule has 0 atom stereocenters. The van der Waals surface area contributed by atoms with Crippen molar-refractivity contribution in [3.8, 4) is 0 Å². The number of aryl methyl sites for hydroxylation is 1. The standard InChI is InChI=1S/C15H12BrClO/c1-10-5-6-13(14(17)7-10)15(18)9-11-3-2-4-12(16)8-11/h2-8H,9H2,1H3. The normalized spacial score (nSPS) is 10.4. The molecule has 0 amide bonds. The smallest absolute Gasteiger partial charge is 0.168 e. The second-order valence-electron chi connectivity index (χ2n) is 4.21. The van der Waals surface area contributed by atoms with E-state index >= 15 is 0 Å². The number of hydrogen-bond donors (Lipinski definition) is 0. The Balaban J connectivity index is 2.22. The molecule has 0 aliphatic carbocycles. The summed E-state index contributed by atoms with van der Waals surface area (Å²) in [6.45, 7) is 1.95. The number of carbonyl (C=O) groups is 1. The molecule has 0 unspecified atom stereocenters. The van der Waals surface area contributed by atoms with Gasteiger partial charge in [0.2, 0.25) is 0 Å². The lowest BCUT2D eigenvalue weighted by molar-refractivity contribution is 0.0993. The van der Waals surface area contributed by atoms with Crippen LogP contribution in [0.4, 0.5) is 0 Å². The zero-order valence-corrected chi connectivity index (χ0v) is 12.3. The molecule has 0 aliphatic rings. The van der Waals surface area contributed by atoms with Gasteiger partial charge < -0.3 is 0 Å². The van der Waals surface area contributed by atoms with Crippen molar-refractivity contribution >= 4 is 33.3 Å². The highest BCUT2D eigenvalue weighted by Gasteiger charge is 2.11. The van der Waals surface area contributed by atoms with Crippen molar-refractivity contribution in [3.05, 3.63) is 68.7 Å². The van der Waals surface area contributed by atoms with Crippen LogP contribution < -0.4 is 0 Å². The largest absolute Gasteiger partial charge is 0.294 e. The predicted octanol–water partition coefficient (Wildman–Crippen LogP) is 4.84. The molecule has 0 aliphatic heterocycles. The lowest BCUT2D eigenvalue weighted by atomic mass is 10.0. The van der Waals surface area contributed by atoms with Gasteiger partial charge in [-0.2, -0.15) is 0 Å². The van der Waals surface area contributed by atoms with Gasteiger partial charge in [0.05, 0.1) is 5.02 Å². The minimum atomic E-state index is 0.0399. The molecule has 2 rings (SSSR count). The summed E-state index contributed by atoms with van der Waals surface area (Å²) in [6, 6.07) is 13.2. The molecule has 0 radical (unpaired) electrons. The van der Waals surface area contributed by atoms with Crippen molar-refractivity contribution < 1.29 is 4.79 Å². The van der Waals surface area contributed by atoms with E-state index in [9.17, 15) is 4.79 Å². The minimum absolute atomic E-state index is 0.0399. The highest BCUT2D eigenvalue weighted by atomic mass is 79.9. The number of ketones is 1. The van der Waals surface area contributed by atoms with Crippen LogP contribution in [0.3, 0.4) is 0 Å². The first-order valence-corrected chi connectivity index (χ1v) is 6.77. The molecular formula is C15H12BrClO. The molecular weight excluding hydrogens is 312 g/mol. The first kappa shape index (κ1) is 13.3. The lowest BCUT2D eigenvalue weighted by Crippen LogP contribution is -2.04. The molecule has 0 bridgehead atoms. The maximum atomic E-state index is 12.2. The van der Waals surface area contributed by atoms with Gasteiger partial charge in [0, 0.05) is 16.5 Å². The van der Waals surface area contributed by atoms with Gasteiger partial charge in [0.15, 0.2) is 5.78 Å². The number of carbonyl (C=O) groups excluding carboxylic acids is 1. The van der Waals surface area contributed by atoms with Gasteiger partial charge in [0.25, 0.3) is 0 Å². The summed E-state index contributed by atoms with van der Waals surface area (Å²) >= 11 is 9.49. The third kappa shape index (κ3) is 3.21. The SMILES string of the molecule is Cc1ccc(C(=O)Cc2cccc(Br)c2)c(Cl)c1. The van der Waals surface area contributed by atoms with Crippen molar-refractivity contribution in [2.75, 3.05) is 0 Å². The molecule has 0 N–H and O–H groups in total. The van der Waals surface area contributed by atoms with Gasteiger partial charge in [-0.25, -0.2) is 0 Å². The molecule has 0 heterocycles. The van der Waals surface area contributed by atoms with Crippen LogP contribution in [0.2, 0.25) is 5.02 Å². The topological polar surface area (TPSA) is 17.1 Å². The van der Waals surface area contributed by atoms with E-state index in [0.29, 0.717) is 17.0 Å². The Bertz CT molecular complexity index is 593. The number of rotatable bonds is 3. The van der Waals surface area contributed by atoms with Crippen LogP contribution in [0.25, 0.3) is 0 Å². The average molecular weight is 324 g/mol. The summed E-state index contributed by atoms with van der Waals surface area (Å²) in [7, 11) is 0. The van der Waals surface area contributed by atoms with Gasteiger partial charge in [0.1, 0.15) is 0 Å². The fourth-order valence-electron chi connectivity index (χ4n) is 1.77. The molecule has 92 valence electrons. The summed E-state index contributed by atoms with van der Waals surface area (Å²) in [5.74, 6) is 0.0399. The zero-order chi connectivity index (χ0) is 13.1. The molecule has 0 saturated carbocycles. The molecule has 18 heavy (non-hydrogen) atoms. The summed E-state index contributed by atoms with van der Waals surface area (Å²) in [4.78, 5) is 12.2. The van der Waals surface area contributed by atoms with E-state index in [2.05, 4.69) is 15.9 Å². The first-order chi connectivity index (χ1) is 8.56. The number of benzene rings is 2. The van der Waals surface area contributed by atoms with Crippen LogP contribution in [0.15, 0.2) is 46.9 Å². The van der Waals surface area contributed by atoms with Crippen molar-refractivity contribution in [1.29, 1.82) is 0 Å². The van der Waals surface area contributed by atoms with Crippen LogP contribution in [0, 0.1) is 6.92 Å². The summed E-state index contributed by atoms with van der Waals surface area (Å²) in [6.07, 6.45) is 0.363. The Morgan fingerprint density at radius 1 is 1.22 bits per heavy atom. The van der Waals surface area contributed by atoms with Crippen molar-refractivity contribution in [2.45, 2.75) is 13.3 Å². The molecule has 2 aromatic rings. The first-order valence-electron chi connectivity index (χ1n) is 5.60. The fourth-order valence-corrected chi connectivity index (χ4v) is 2.56. The maximum absolute atomic E-state index is 12.2. The predicted molar refractivity (Wildman–Crippen MR) is 78.4 cm³/mol. The second kappa shape index (κ2) is 5.68. The van der Waals surface area contributed by atoms with Crippen LogP contribution in [0.1, 0.15) is 21.5 Å². The van der Waals surface area contributed by atoms with E-state index in [0.717, 1.165) is 15.6 Å². The van der Waals surface area contributed by atoms with E-state index in [1.165, 1.54) is 0 Å². The number of Topliss-reactive ketones (excluding diaryl/α,β-unsaturated/α-hetero) is 1. The quantitative estimate of drug-likeness (QED) is 0.739. The highest BCUT2D eigenvalue weighted by Crippen LogP contribution is 2.20. The summed E-state index contributed by atoms with van der Waals surface area (Å²) < 4.78 is 0.975. The molecule has 3 heteroatoms. The number of halogens is 2. The Labute approximate surface area is 120 Å². The summed E-state index contributed by atoms with van der Waals surface area (Å²) in [5.41, 5.74) is 2.62. The molecule has 0 fully saturated rings. The summed E-state index contributed by atoms with van der Waals surface area (Å²) in [5, 5.41) is 0.523. The van der Waals surface area contributed by atoms with Gasteiger partial charge in [-0.3, -0.25) is 4.79 Å². The van der Waals surface area contributed by atoms with Gasteiger partial charge >= 0.3 is 0 Å². The minimum Gasteiger partial charge on any atom is -0.294 e. The van der Waals surface area contributed by atoms with Gasteiger partial charge in [-0.05, 0) is 42.3 Å². The van der Waals surface area contributed by atoms with Crippen LogP contribution in [-0.2, 0) is 6.42 Å². The fraction of sp³-hybridized carbons (Fsp3) is 0.133. The van der Waals surface area contributed by atoms with Crippen molar-refractivity contribution in [2.24, 2.45) is 0 Å². The Kier molecular flexibility index (Phi) is 4.20. The van der Waals surface area contributed by atoms with E-state index in [-0.39, 0.29) is 5.78 Å². The Morgan fingerprint density at radius 3 is 2.67 bits per heavy atom. The third-order valence-corrected chi connectivity index (χ3v) is 3.48. The lowest BCUT2D eigenvalue weighted by Gasteiger charge is -2.05. The molecule has 0 aromatic heterocycles. The molecule has 0 spiro atoms. The number of hydrogen-bond acceptors (Lipinski definition) is 1. The van der Waals surface area contributed by atoms with Crippen LogP contribution in [-0.4, -0.2) is 5.78 Å². The van der Waals surface area contributed by atoms with Crippen LogP contribution in [0.5, 0.6) is 0 Å². The van der Waals surface area contributed by atoms with Crippen LogP contribution >= 0.6 is 27.5 Å². The van der Waals surface area contributed by atoms with E-state index < -0.39 is 0 Å². The second-order valence-corrected chi connectivity index (χ2v) is 5.54. The zero-order valence-electron chi connectivity index (χ0n) is 9.91. The van der Waals surface area contributed by atoms with Gasteiger partial charge in [-0.15, -0.1) is 0 Å². The molecule has 1 nitrogen and oxygen atoms in total. The Hall–Kier alpha value is -1.12. The maximum Gasteiger partial charge on any atom is 0.168 e. The highest BCUT2D eigenvalue weighted by molar-refractivity contribution is 9.10. The van der Waals surface area contributed by atoms with E-state index in [4.69, 9.17) is 11.6 Å². The van der Waals surface area contributed by atoms with Crippen molar-refractivity contribution in [1.82, 2.24) is 0 Å². The molecule has 0 saturated heterocycles. The Morgan fingerprint density at radius 2 is 2.00 bits per heavy atom. The van der Waals surface area contributed by atoms with Gasteiger partial charge in [-0.1, -0.05) is 45.7 Å². The van der Waals surface area contributed by atoms with Crippen molar-refractivity contribution in [3.63, 3.8) is 0 Å². The average Bonchev–Trinajstić information content (AvgIpc) is 2.28.